The van der Waals surface area contributed by atoms with E-state index in [9.17, 15) is 0 Å². The van der Waals surface area contributed by atoms with E-state index in [1.54, 1.807) is 0 Å². The third-order valence-electron chi connectivity index (χ3n) is 3.56. The zero-order valence-electron chi connectivity index (χ0n) is 10.8. The molecule has 3 rings (SSSR count). The lowest BCUT2D eigenvalue weighted by atomic mass is 10.1. The Labute approximate surface area is 117 Å². The molecule has 1 saturated carbocycles. The van der Waals surface area contributed by atoms with Crippen molar-refractivity contribution < 1.29 is 4.42 Å². The minimum absolute atomic E-state index is 0.0568. The first kappa shape index (κ1) is 12.3. The van der Waals surface area contributed by atoms with Gasteiger partial charge in [0.05, 0.1) is 0 Å². The van der Waals surface area contributed by atoms with Crippen LogP contribution in [0.4, 0.5) is 0 Å². The van der Waals surface area contributed by atoms with Crippen LogP contribution in [0, 0.1) is 22.7 Å². The Kier molecular flexibility index (Phi) is 3.11. The summed E-state index contributed by atoms with van der Waals surface area (Å²) in [7, 11) is 0. The summed E-state index contributed by atoms with van der Waals surface area (Å²) in [6.45, 7) is 0. The van der Waals surface area contributed by atoms with Crippen LogP contribution in [0.5, 0.6) is 0 Å². The van der Waals surface area contributed by atoms with E-state index in [1.165, 1.54) is 11.6 Å². The van der Waals surface area contributed by atoms with Crippen LogP contribution in [0.15, 0.2) is 52.5 Å². The predicted molar refractivity (Wildman–Crippen MR) is 74.5 cm³/mol. The number of hydrogen-bond donors (Lipinski definition) is 0. The van der Waals surface area contributed by atoms with Crippen molar-refractivity contribution in [3.63, 3.8) is 0 Å². The molecule has 1 aliphatic carbocycles. The van der Waals surface area contributed by atoms with Gasteiger partial charge in [0.1, 0.15) is 29.2 Å². The summed E-state index contributed by atoms with van der Waals surface area (Å²) in [4.78, 5) is 0. The minimum Gasteiger partial charge on any atom is -0.461 e. The fraction of sp³-hybridized carbons (Fsp3) is 0.176. The van der Waals surface area contributed by atoms with E-state index >= 15 is 0 Å². The molecule has 0 unspecified atom stereocenters. The van der Waals surface area contributed by atoms with Gasteiger partial charge in [0.25, 0.3) is 0 Å². The van der Waals surface area contributed by atoms with Gasteiger partial charge in [0.15, 0.2) is 0 Å². The normalized spacial score (nSPS) is 19.7. The van der Waals surface area contributed by atoms with Crippen molar-refractivity contribution in [3.8, 4) is 12.1 Å². The maximum Gasteiger partial charge on any atom is 0.133 e. The molecule has 0 spiro atoms. The van der Waals surface area contributed by atoms with Crippen molar-refractivity contribution in [1.82, 2.24) is 0 Å². The number of nitrogens with zero attached hydrogens (tertiary/aromatic N) is 2. The summed E-state index contributed by atoms with van der Waals surface area (Å²) in [5, 5.41) is 17.4. The van der Waals surface area contributed by atoms with Gasteiger partial charge in [-0.15, -0.1) is 0 Å². The average Bonchev–Trinajstić information content (AvgIpc) is 3.17. The molecule has 2 atom stereocenters. The summed E-state index contributed by atoms with van der Waals surface area (Å²) >= 11 is 0. The van der Waals surface area contributed by atoms with E-state index in [0.29, 0.717) is 17.6 Å². The minimum atomic E-state index is 0.0568. The van der Waals surface area contributed by atoms with Crippen LogP contribution in [-0.4, -0.2) is 0 Å². The summed E-state index contributed by atoms with van der Waals surface area (Å²) in [5.74, 6) is 2.43. The molecule has 0 saturated heterocycles. The van der Waals surface area contributed by atoms with E-state index in [-0.39, 0.29) is 5.57 Å². The highest BCUT2D eigenvalue weighted by Gasteiger charge is 2.41. The topological polar surface area (TPSA) is 60.7 Å². The number of benzene rings is 1. The summed E-state index contributed by atoms with van der Waals surface area (Å²) in [6.07, 6.45) is 2.56. The summed E-state index contributed by atoms with van der Waals surface area (Å²) in [6, 6.07) is 17.8. The Bertz CT molecular complexity index is 712. The first-order valence-electron chi connectivity index (χ1n) is 6.48. The van der Waals surface area contributed by atoms with Gasteiger partial charge in [-0.3, -0.25) is 0 Å². The molecule has 3 nitrogen and oxygen atoms in total. The van der Waals surface area contributed by atoms with E-state index < -0.39 is 0 Å². The highest BCUT2D eigenvalue weighted by Crippen LogP contribution is 2.54. The average molecular weight is 260 g/mol. The van der Waals surface area contributed by atoms with Gasteiger partial charge in [0, 0.05) is 12.0 Å². The molecule has 3 heteroatoms. The van der Waals surface area contributed by atoms with Crippen LogP contribution in [0.3, 0.4) is 0 Å². The lowest BCUT2D eigenvalue weighted by Crippen LogP contribution is -1.81. The zero-order chi connectivity index (χ0) is 13.9. The van der Waals surface area contributed by atoms with Gasteiger partial charge in [-0.2, -0.15) is 10.5 Å². The van der Waals surface area contributed by atoms with E-state index in [1.807, 2.05) is 42.5 Å². The van der Waals surface area contributed by atoms with Crippen molar-refractivity contribution in [1.29, 1.82) is 10.5 Å². The van der Waals surface area contributed by atoms with Crippen molar-refractivity contribution in [3.05, 3.63) is 65.1 Å². The maximum atomic E-state index is 8.72. The lowest BCUT2D eigenvalue weighted by molar-refractivity contribution is 0.501. The van der Waals surface area contributed by atoms with E-state index in [4.69, 9.17) is 14.9 Å². The van der Waals surface area contributed by atoms with Gasteiger partial charge in [-0.25, -0.2) is 0 Å². The first-order valence-corrected chi connectivity index (χ1v) is 6.48. The van der Waals surface area contributed by atoms with Gasteiger partial charge < -0.3 is 4.42 Å². The van der Waals surface area contributed by atoms with E-state index in [2.05, 4.69) is 12.1 Å². The Morgan fingerprint density at radius 1 is 1.05 bits per heavy atom. The third-order valence-corrected chi connectivity index (χ3v) is 3.56. The Morgan fingerprint density at radius 3 is 2.50 bits per heavy atom. The molecule has 1 aromatic carbocycles. The molecule has 20 heavy (non-hydrogen) atoms. The van der Waals surface area contributed by atoms with E-state index in [0.717, 1.165) is 12.2 Å². The SMILES string of the molecule is N#CC(C#N)=Cc1ccc([C@@H]2C[C@H]2c2ccccc2)o1. The molecule has 0 radical (unpaired) electrons. The molecular weight excluding hydrogens is 248 g/mol. The molecule has 1 heterocycles. The zero-order valence-corrected chi connectivity index (χ0v) is 10.8. The number of furan rings is 1. The molecule has 1 aromatic heterocycles. The van der Waals surface area contributed by atoms with Gasteiger partial charge in [0.2, 0.25) is 0 Å². The molecule has 0 amide bonds. The third kappa shape index (κ3) is 2.35. The van der Waals surface area contributed by atoms with Crippen molar-refractivity contribution >= 4 is 6.08 Å². The number of allylic oxidation sites excluding steroid dienone is 1. The van der Waals surface area contributed by atoms with Crippen LogP contribution < -0.4 is 0 Å². The van der Waals surface area contributed by atoms with Crippen molar-refractivity contribution in [2.75, 3.05) is 0 Å². The largest absolute Gasteiger partial charge is 0.461 e. The summed E-state index contributed by atoms with van der Waals surface area (Å²) in [5.41, 5.74) is 1.39. The van der Waals surface area contributed by atoms with Crippen LogP contribution in [0.25, 0.3) is 6.08 Å². The van der Waals surface area contributed by atoms with Gasteiger partial charge in [-0.05, 0) is 30.0 Å². The van der Waals surface area contributed by atoms with Crippen LogP contribution in [0.1, 0.15) is 35.3 Å². The second-order valence-corrected chi connectivity index (χ2v) is 4.88. The second-order valence-electron chi connectivity index (χ2n) is 4.88. The Morgan fingerprint density at radius 2 is 1.80 bits per heavy atom. The molecule has 1 fully saturated rings. The van der Waals surface area contributed by atoms with Crippen molar-refractivity contribution in [2.24, 2.45) is 0 Å². The van der Waals surface area contributed by atoms with Crippen LogP contribution in [0.2, 0.25) is 0 Å². The molecule has 0 aliphatic heterocycles. The van der Waals surface area contributed by atoms with Gasteiger partial charge in [-0.1, -0.05) is 30.3 Å². The highest BCUT2D eigenvalue weighted by atomic mass is 16.3. The molecule has 0 bridgehead atoms. The Balaban J connectivity index is 1.76. The smallest absolute Gasteiger partial charge is 0.133 e. The van der Waals surface area contributed by atoms with Crippen LogP contribution in [-0.2, 0) is 0 Å². The van der Waals surface area contributed by atoms with Crippen molar-refractivity contribution in [2.45, 2.75) is 18.3 Å². The Hall–Kier alpha value is -2.78. The highest BCUT2D eigenvalue weighted by molar-refractivity contribution is 5.59. The van der Waals surface area contributed by atoms with Gasteiger partial charge >= 0.3 is 0 Å². The molecule has 1 aliphatic rings. The number of rotatable bonds is 3. The quantitative estimate of drug-likeness (QED) is 0.784. The number of nitriles is 2. The molecule has 0 N–H and O–H groups in total. The molecular formula is C17H12N2O. The monoisotopic (exact) mass is 260 g/mol. The second kappa shape index (κ2) is 5.07. The summed E-state index contributed by atoms with van der Waals surface area (Å²) < 4.78 is 5.71. The molecule has 96 valence electrons. The lowest BCUT2D eigenvalue weighted by Gasteiger charge is -1.97. The predicted octanol–water partition coefficient (Wildman–Crippen LogP) is 3.98. The molecule has 2 aromatic rings. The fourth-order valence-electron chi connectivity index (χ4n) is 2.46. The first-order chi connectivity index (χ1) is 9.81. The number of hydrogen-bond acceptors (Lipinski definition) is 3. The fourth-order valence-corrected chi connectivity index (χ4v) is 2.46. The maximum absolute atomic E-state index is 8.72. The standard InChI is InChI=1S/C17H12N2O/c18-10-12(11-19)8-14-6-7-17(20-14)16-9-15(16)13-4-2-1-3-5-13/h1-8,15-16H,9H2/t15-,16+/m0/s1. The van der Waals surface area contributed by atoms with Crippen LogP contribution >= 0.6 is 0 Å².